The summed E-state index contributed by atoms with van der Waals surface area (Å²) in [6.07, 6.45) is 1.85. The predicted octanol–water partition coefficient (Wildman–Crippen LogP) is 5.06. The smallest absolute Gasteiger partial charge is 0.176 e. The van der Waals surface area contributed by atoms with Gasteiger partial charge in [-0.1, -0.05) is 35.3 Å². The third-order valence-corrected chi connectivity index (χ3v) is 4.35. The van der Waals surface area contributed by atoms with Crippen LogP contribution in [0.25, 0.3) is 0 Å². The van der Waals surface area contributed by atoms with Crippen LogP contribution in [0.3, 0.4) is 0 Å². The lowest BCUT2D eigenvalue weighted by Gasteiger charge is -2.10. The predicted molar refractivity (Wildman–Crippen MR) is 111 cm³/mol. The maximum atomic E-state index is 6.20. The quantitative estimate of drug-likeness (QED) is 0.580. The van der Waals surface area contributed by atoms with Gasteiger partial charge >= 0.3 is 0 Å². The van der Waals surface area contributed by atoms with Crippen LogP contribution in [0, 0.1) is 0 Å². The fraction of sp³-hybridized carbons (Fsp3) is 0.111. The average molecular weight is 407 g/mol. The highest BCUT2D eigenvalue weighted by Crippen LogP contribution is 2.22. The molecule has 26 heavy (non-hydrogen) atoms. The van der Waals surface area contributed by atoms with Crippen LogP contribution in [0.2, 0.25) is 10.0 Å². The molecule has 0 fully saturated rings. The van der Waals surface area contributed by atoms with E-state index in [0.29, 0.717) is 27.5 Å². The van der Waals surface area contributed by atoms with Gasteiger partial charge in [0.1, 0.15) is 5.75 Å². The number of hydrogen-bond donors (Lipinski definition) is 2. The van der Waals surface area contributed by atoms with Gasteiger partial charge in [-0.05, 0) is 42.0 Å². The lowest BCUT2D eigenvalue weighted by molar-refractivity contribution is 0.415. The van der Waals surface area contributed by atoms with E-state index in [1.54, 1.807) is 23.9 Å². The first-order valence-corrected chi connectivity index (χ1v) is 8.89. The van der Waals surface area contributed by atoms with E-state index in [-0.39, 0.29) is 0 Å². The van der Waals surface area contributed by atoms with Crippen molar-refractivity contribution in [3.8, 4) is 5.75 Å². The van der Waals surface area contributed by atoms with Gasteiger partial charge in [0.25, 0.3) is 0 Å². The number of nitrogens with zero attached hydrogens (tertiary/aromatic N) is 2. The van der Waals surface area contributed by atoms with Crippen molar-refractivity contribution < 1.29 is 4.74 Å². The number of halogens is 2. The minimum absolute atomic E-state index is 0.438. The van der Waals surface area contributed by atoms with Crippen molar-refractivity contribution in [3.63, 3.8) is 0 Å². The maximum absolute atomic E-state index is 6.20. The average Bonchev–Trinajstić information content (AvgIpc) is 3.04. The van der Waals surface area contributed by atoms with Crippen LogP contribution < -0.4 is 15.4 Å². The Hall–Kier alpha value is -2.28. The summed E-state index contributed by atoms with van der Waals surface area (Å²) >= 11 is 17.4. The van der Waals surface area contributed by atoms with Crippen molar-refractivity contribution in [3.05, 3.63) is 70.3 Å². The summed E-state index contributed by atoms with van der Waals surface area (Å²) in [7, 11) is 1.62. The monoisotopic (exact) mass is 406 g/mol. The zero-order valence-corrected chi connectivity index (χ0v) is 16.2. The second kappa shape index (κ2) is 8.40. The molecule has 0 saturated heterocycles. The van der Waals surface area contributed by atoms with Crippen LogP contribution >= 0.6 is 35.4 Å². The molecule has 0 unspecified atom stereocenters. The van der Waals surface area contributed by atoms with Gasteiger partial charge < -0.3 is 15.4 Å². The molecule has 0 spiro atoms. The van der Waals surface area contributed by atoms with Gasteiger partial charge in [0, 0.05) is 34.1 Å². The molecule has 134 valence electrons. The Morgan fingerprint density at radius 3 is 2.77 bits per heavy atom. The van der Waals surface area contributed by atoms with Gasteiger partial charge in [0.15, 0.2) is 10.9 Å². The van der Waals surface area contributed by atoms with Gasteiger partial charge in [0.2, 0.25) is 0 Å². The zero-order chi connectivity index (χ0) is 18.5. The second-order valence-electron chi connectivity index (χ2n) is 5.45. The van der Waals surface area contributed by atoms with E-state index >= 15 is 0 Å². The molecule has 8 heteroatoms. The molecule has 0 radical (unpaired) electrons. The molecule has 3 aromatic rings. The molecule has 0 aliphatic heterocycles. The first-order chi connectivity index (χ1) is 12.5. The molecule has 0 amide bonds. The number of hydrogen-bond acceptors (Lipinski definition) is 3. The summed E-state index contributed by atoms with van der Waals surface area (Å²) in [5.74, 6) is 1.39. The number of methoxy groups -OCH3 is 1. The Bertz CT molecular complexity index is 929. The Morgan fingerprint density at radius 2 is 2.00 bits per heavy atom. The van der Waals surface area contributed by atoms with Crippen LogP contribution in [-0.4, -0.2) is 22.0 Å². The topological polar surface area (TPSA) is 51.1 Å². The third-order valence-electron chi connectivity index (χ3n) is 3.56. The highest BCUT2D eigenvalue weighted by molar-refractivity contribution is 7.80. The molecule has 1 aromatic heterocycles. The van der Waals surface area contributed by atoms with Crippen molar-refractivity contribution in [2.75, 3.05) is 17.7 Å². The molecule has 0 aliphatic carbocycles. The van der Waals surface area contributed by atoms with Crippen LogP contribution in [0.5, 0.6) is 5.75 Å². The first kappa shape index (κ1) is 18.5. The van der Waals surface area contributed by atoms with E-state index in [2.05, 4.69) is 15.7 Å². The molecule has 2 N–H and O–H groups in total. The largest absolute Gasteiger partial charge is 0.497 e. The molecule has 5 nitrogen and oxygen atoms in total. The number of nitrogens with one attached hydrogen (secondary N) is 2. The molecular formula is C18H16Cl2N4OS. The SMILES string of the molecule is COc1cccc(NC(=S)Nc2ccn(Cc3ccc(Cl)cc3Cl)n2)c1. The minimum Gasteiger partial charge on any atom is -0.497 e. The summed E-state index contributed by atoms with van der Waals surface area (Å²) in [6, 6.07) is 14.7. The number of rotatable bonds is 5. The summed E-state index contributed by atoms with van der Waals surface area (Å²) in [5, 5.41) is 12.2. The standard InChI is InChI=1S/C18H16Cl2N4OS/c1-25-15-4-2-3-14(10-15)21-18(26)22-17-7-8-24(23-17)11-12-5-6-13(19)9-16(12)20/h2-10H,11H2,1H3,(H2,21,22,23,26). The molecule has 3 rings (SSSR count). The Kier molecular flexibility index (Phi) is 5.98. The molecular weight excluding hydrogens is 391 g/mol. The molecule has 0 saturated carbocycles. The molecule has 0 atom stereocenters. The van der Waals surface area contributed by atoms with Crippen LogP contribution in [0.1, 0.15) is 5.56 Å². The summed E-state index contributed by atoms with van der Waals surface area (Å²) in [4.78, 5) is 0. The van der Waals surface area contributed by atoms with Crippen molar-refractivity contribution in [1.29, 1.82) is 0 Å². The highest BCUT2D eigenvalue weighted by Gasteiger charge is 2.06. The highest BCUT2D eigenvalue weighted by atomic mass is 35.5. The van der Waals surface area contributed by atoms with Crippen molar-refractivity contribution in [2.45, 2.75) is 6.54 Å². The Balaban J connectivity index is 1.61. The lowest BCUT2D eigenvalue weighted by Crippen LogP contribution is -2.19. The normalized spacial score (nSPS) is 10.4. The zero-order valence-electron chi connectivity index (χ0n) is 13.9. The van der Waals surface area contributed by atoms with E-state index in [1.807, 2.05) is 42.6 Å². The first-order valence-electron chi connectivity index (χ1n) is 7.73. The fourth-order valence-corrected chi connectivity index (χ4v) is 3.01. The van der Waals surface area contributed by atoms with E-state index in [0.717, 1.165) is 17.0 Å². The molecule has 2 aromatic carbocycles. The number of aromatic nitrogens is 2. The number of benzene rings is 2. The summed E-state index contributed by atoms with van der Waals surface area (Å²) in [5.41, 5.74) is 1.76. The van der Waals surface area contributed by atoms with E-state index in [9.17, 15) is 0 Å². The summed E-state index contributed by atoms with van der Waals surface area (Å²) < 4.78 is 6.96. The second-order valence-corrected chi connectivity index (χ2v) is 6.70. The molecule has 0 bridgehead atoms. The molecule has 0 aliphatic rings. The third kappa shape index (κ3) is 4.88. The fourth-order valence-electron chi connectivity index (χ4n) is 2.32. The van der Waals surface area contributed by atoms with E-state index in [4.69, 9.17) is 40.2 Å². The molecule has 1 heterocycles. The van der Waals surface area contributed by atoms with Crippen molar-refractivity contribution >= 4 is 52.0 Å². The Labute approximate surface area is 166 Å². The minimum atomic E-state index is 0.438. The van der Waals surface area contributed by atoms with Gasteiger partial charge in [-0.2, -0.15) is 5.10 Å². The van der Waals surface area contributed by atoms with Gasteiger partial charge in [-0.3, -0.25) is 4.68 Å². The lowest BCUT2D eigenvalue weighted by atomic mass is 10.2. The van der Waals surface area contributed by atoms with Crippen molar-refractivity contribution in [1.82, 2.24) is 9.78 Å². The van der Waals surface area contributed by atoms with E-state index in [1.165, 1.54) is 0 Å². The van der Waals surface area contributed by atoms with Gasteiger partial charge in [0.05, 0.1) is 13.7 Å². The number of anilines is 2. The van der Waals surface area contributed by atoms with Crippen LogP contribution in [0.4, 0.5) is 11.5 Å². The van der Waals surface area contributed by atoms with E-state index < -0.39 is 0 Å². The Morgan fingerprint density at radius 1 is 1.15 bits per heavy atom. The van der Waals surface area contributed by atoms with Crippen LogP contribution in [-0.2, 0) is 6.54 Å². The van der Waals surface area contributed by atoms with Gasteiger partial charge in [-0.25, -0.2) is 0 Å². The number of thiocarbonyl (C=S) groups is 1. The maximum Gasteiger partial charge on any atom is 0.176 e. The van der Waals surface area contributed by atoms with Crippen LogP contribution in [0.15, 0.2) is 54.7 Å². The van der Waals surface area contributed by atoms with Crippen molar-refractivity contribution in [2.24, 2.45) is 0 Å². The number of ether oxygens (including phenoxy) is 1. The summed E-state index contributed by atoms with van der Waals surface area (Å²) in [6.45, 7) is 0.535. The van der Waals surface area contributed by atoms with Gasteiger partial charge in [-0.15, -0.1) is 0 Å².